The number of benzene rings is 1. The number of amides is 1. The summed E-state index contributed by atoms with van der Waals surface area (Å²) in [5.74, 6) is 1.97. The van der Waals surface area contributed by atoms with Crippen molar-refractivity contribution in [2.45, 2.75) is 26.2 Å². The Kier molecular flexibility index (Phi) is 2.35. The fraction of sp³-hybridized carbons (Fsp3) is 0.500. The number of hydrogen-bond donors (Lipinski definition) is 2. The number of nitrogens with one attached hydrogen (secondary N) is 1. The number of anilines is 1. The molecule has 0 bridgehead atoms. The van der Waals surface area contributed by atoms with Gasteiger partial charge in [-0.3, -0.25) is 4.79 Å². The summed E-state index contributed by atoms with van der Waals surface area (Å²) in [6.07, 6.45) is 3.73. The molecule has 0 saturated heterocycles. The Hall–Kier alpha value is -1.51. The highest BCUT2D eigenvalue weighted by molar-refractivity contribution is 5.95. The maximum absolute atomic E-state index is 12.0. The van der Waals surface area contributed by atoms with Crippen LogP contribution < -0.4 is 5.32 Å². The first-order valence-electron chi connectivity index (χ1n) is 6.27. The number of hydrogen-bond acceptors (Lipinski definition) is 2. The monoisotopic (exact) mass is 231 g/mol. The van der Waals surface area contributed by atoms with Gasteiger partial charge in [-0.05, 0) is 55.4 Å². The number of phenols is 1. The smallest absolute Gasteiger partial charge is 0.228 e. The Morgan fingerprint density at radius 3 is 2.71 bits per heavy atom. The van der Waals surface area contributed by atoms with E-state index >= 15 is 0 Å². The van der Waals surface area contributed by atoms with Gasteiger partial charge in [-0.2, -0.15) is 0 Å². The first-order chi connectivity index (χ1) is 8.16. The quantitative estimate of drug-likeness (QED) is 0.769. The molecule has 0 aromatic heterocycles. The van der Waals surface area contributed by atoms with E-state index in [1.165, 1.54) is 19.3 Å². The van der Waals surface area contributed by atoms with Gasteiger partial charge in [0.1, 0.15) is 5.75 Å². The molecule has 1 aromatic carbocycles. The Labute approximate surface area is 101 Å². The van der Waals surface area contributed by atoms with Crippen LogP contribution in [0.2, 0.25) is 0 Å². The third-order valence-electron chi connectivity index (χ3n) is 4.17. The fourth-order valence-electron chi connectivity index (χ4n) is 3.17. The third-order valence-corrected chi connectivity index (χ3v) is 4.17. The summed E-state index contributed by atoms with van der Waals surface area (Å²) in [6.45, 7) is 1.83. The maximum atomic E-state index is 12.0. The third kappa shape index (κ3) is 1.79. The van der Waals surface area contributed by atoms with E-state index in [2.05, 4.69) is 5.32 Å². The number of aryl methyl sites for hydroxylation is 1. The molecule has 2 atom stereocenters. The van der Waals surface area contributed by atoms with Crippen LogP contribution in [0.3, 0.4) is 0 Å². The Morgan fingerprint density at radius 1 is 1.35 bits per heavy atom. The highest BCUT2D eigenvalue weighted by Gasteiger charge is 2.56. The number of carbonyl (C=O) groups is 1. The summed E-state index contributed by atoms with van der Waals surface area (Å²) >= 11 is 0. The highest BCUT2D eigenvalue weighted by atomic mass is 16.3. The molecular formula is C14H17NO2. The van der Waals surface area contributed by atoms with Crippen LogP contribution in [0.15, 0.2) is 18.2 Å². The van der Waals surface area contributed by atoms with Crippen molar-refractivity contribution in [2.24, 2.45) is 17.8 Å². The van der Waals surface area contributed by atoms with Gasteiger partial charge in [0.05, 0.1) is 0 Å². The highest BCUT2D eigenvalue weighted by Crippen LogP contribution is 2.57. The predicted molar refractivity (Wildman–Crippen MR) is 65.8 cm³/mol. The van der Waals surface area contributed by atoms with E-state index in [1.807, 2.05) is 13.0 Å². The van der Waals surface area contributed by atoms with E-state index in [-0.39, 0.29) is 17.6 Å². The second-order valence-electron chi connectivity index (χ2n) is 5.27. The molecule has 2 fully saturated rings. The van der Waals surface area contributed by atoms with Gasteiger partial charge in [0.15, 0.2) is 0 Å². The van der Waals surface area contributed by atoms with Gasteiger partial charge < -0.3 is 10.4 Å². The number of aromatic hydroxyl groups is 1. The average Bonchev–Trinajstić information content (AvgIpc) is 2.78. The van der Waals surface area contributed by atoms with E-state index in [1.54, 1.807) is 12.1 Å². The lowest BCUT2D eigenvalue weighted by atomic mass is 10.1. The molecule has 2 aliphatic carbocycles. The molecule has 17 heavy (non-hydrogen) atoms. The van der Waals surface area contributed by atoms with E-state index < -0.39 is 0 Å². The van der Waals surface area contributed by atoms with Crippen molar-refractivity contribution in [3.8, 4) is 5.75 Å². The van der Waals surface area contributed by atoms with Crippen molar-refractivity contribution in [1.29, 1.82) is 0 Å². The van der Waals surface area contributed by atoms with Crippen LogP contribution in [0.1, 0.15) is 24.8 Å². The second-order valence-corrected chi connectivity index (χ2v) is 5.27. The number of carbonyl (C=O) groups excluding carboxylic acids is 1. The van der Waals surface area contributed by atoms with E-state index in [4.69, 9.17) is 0 Å². The minimum Gasteiger partial charge on any atom is -0.508 e. The fourth-order valence-corrected chi connectivity index (χ4v) is 3.17. The molecule has 90 valence electrons. The van der Waals surface area contributed by atoms with Gasteiger partial charge >= 0.3 is 0 Å². The van der Waals surface area contributed by atoms with Crippen molar-refractivity contribution in [2.75, 3.05) is 5.32 Å². The largest absolute Gasteiger partial charge is 0.508 e. The first kappa shape index (κ1) is 10.6. The second kappa shape index (κ2) is 3.76. The summed E-state index contributed by atoms with van der Waals surface area (Å²) in [5, 5.41) is 12.4. The summed E-state index contributed by atoms with van der Waals surface area (Å²) < 4.78 is 0. The zero-order chi connectivity index (χ0) is 12.0. The van der Waals surface area contributed by atoms with Crippen LogP contribution in [0.25, 0.3) is 0 Å². The van der Waals surface area contributed by atoms with Gasteiger partial charge in [-0.1, -0.05) is 6.42 Å². The number of rotatable bonds is 2. The topological polar surface area (TPSA) is 49.3 Å². The molecule has 0 aliphatic heterocycles. The molecule has 0 radical (unpaired) electrons. The van der Waals surface area contributed by atoms with Crippen molar-refractivity contribution in [3.05, 3.63) is 23.8 Å². The minimum absolute atomic E-state index is 0.157. The van der Waals surface area contributed by atoms with Gasteiger partial charge in [0.25, 0.3) is 0 Å². The van der Waals surface area contributed by atoms with Crippen LogP contribution in [0, 0.1) is 24.7 Å². The molecule has 1 amide bonds. The molecule has 0 spiro atoms. The lowest BCUT2D eigenvalue weighted by molar-refractivity contribution is -0.118. The van der Waals surface area contributed by atoms with E-state index in [9.17, 15) is 9.90 Å². The normalized spacial score (nSPS) is 29.8. The lowest BCUT2D eigenvalue weighted by Crippen LogP contribution is -2.16. The molecule has 3 nitrogen and oxygen atoms in total. The van der Waals surface area contributed by atoms with Gasteiger partial charge in [0.2, 0.25) is 5.91 Å². The van der Waals surface area contributed by atoms with Crippen molar-refractivity contribution < 1.29 is 9.90 Å². The zero-order valence-corrected chi connectivity index (χ0v) is 9.94. The summed E-state index contributed by atoms with van der Waals surface area (Å²) in [4.78, 5) is 12.0. The molecule has 2 unspecified atom stereocenters. The van der Waals surface area contributed by atoms with Gasteiger partial charge in [-0.25, -0.2) is 0 Å². The minimum atomic E-state index is 0.157. The average molecular weight is 231 g/mol. The van der Waals surface area contributed by atoms with Crippen LogP contribution in [0.4, 0.5) is 5.69 Å². The van der Waals surface area contributed by atoms with Crippen molar-refractivity contribution in [1.82, 2.24) is 0 Å². The summed E-state index contributed by atoms with van der Waals surface area (Å²) in [5.41, 5.74) is 1.58. The van der Waals surface area contributed by atoms with Gasteiger partial charge in [-0.15, -0.1) is 0 Å². The summed E-state index contributed by atoms with van der Waals surface area (Å²) in [7, 11) is 0. The molecule has 0 heterocycles. The van der Waals surface area contributed by atoms with Gasteiger partial charge in [0, 0.05) is 11.6 Å². The van der Waals surface area contributed by atoms with Crippen LogP contribution >= 0.6 is 0 Å². The zero-order valence-electron chi connectivity index (χ0n) is 9.94. The van der Waals surface area contributed by atoms with Crippen LogP contribution in [0.5, 0.6) is 5.75 Å². The standard InChI is InChI=1S/C14H17NO2/c1-8-7-9(5-6-12(8)16)15-14(17)13-10-3-2-4-11(10)13/h5-7,10-11,13,16H,2-4H2,1H3,(H,15,17). The van der Waals surface area contributed by atoms with Crippen molar-refractivity contribution >= 4 is 11.6 Å². The Balaban J connectivity index is 1.67. The Bertz CT molecular complexity index is 459. The SMILES string of the molecule is Cc1cc(NC(=O)C2C3CCCC32)ccc1O. The van der Waals surface area contributed by atoms with Crippen molar-refractivity contribution in [3.63, 3.8) is 0 Å². The first-order valence-corrected chi connectivity index (χ1v) is 6.27. The number of fused-ring (bicyclic) bond motifs is 1. The molecule has 3 rings (SSSR count). The lowest BCUT2D eigenvalue weighted by Gasteiger charge is -2.08. The predicted octanol–water partition coefficient (Wildman–Crippen LogP) is 2.69. The van der Waals surface area contributed by atoms with E-state index in [0.717, 1.165) is 11.3 Å². The van der Waals surface area contributed by atoms with Crippen LogP contribution in [-0.2, 0) is 4.79 Å². The Morgan fingerprint density at radius 2 is 2.06 bits per heavy atom. The molecule has 2 saturated carbocycles. The summed E-state index contributed by atoms with van der Waals surface area (Å²) in [6, 6.07) is 5.18. The maximum Gasteiger partial charge on any atom is 0.228 e. The van der Waals surface area contributed by atoms with E-state index in [0.29, 0.717) is 11.8 Å². The molecular weight excluding hydrogens is 214 g/mol. The molecule has 2 aliphatic rings. The molecule has 2 N–H and O–H groups in total. The van der Waals surface area contributed by atoms with Crippen LogP contribution in [-0.4, -0.2) is 11.0 Å². The molecule has 3 heteroatoms. The number of phenolic OH excluding ortho intramolecular Hbond substituents is 1. The molecule has 1 aromatic rings.